The molecule has 0 radical (unpaired) electrons. The Hall–Kier alpha value is -2.29. The number of carbonyl (C=O) groups excluding carboxylic acids is 1. The van der Waals surface area contributed by atoms with Crippen LogP contribution in [-0.4, -0.2) is 39.8 Å². The van der Waals surface area contributed by atoms with Crippen LogP contribution >= 0.6 is 11.6 Å². The van der Waals surface area contributed by atoms with Gasteiger partial charge in [0.2, 0.25) is 0 Å². The fourth-order valence-corrected chi connectivity index (χ4v) is 3.25. The van der Waals surface area contributed by atoms with E-state index in [1.807, 2.05) is 0 Å². The van der Waals surface area contributed by atoms with Gasteiger partial charge in [0.15, 0.2) is 0 Å². The molecule has 3 rings (SSSR count). The van der Waals surface area contributed by atoms with Crippen molar-refractivity contribution in [2.24, 2.45) is 7.05 Å². The third-order valence-electron chi connectivity index (χ3n) is 4.26. The summed E-state index contributed by atoms with van der Waals surface area (Å²) < 4.78 is 39.7. The molecule has 1 fully saturated rings. The minimum absolute atomic E-state index is 0.0570. The van der Waals surface area contributed by atoms with Gasteiger partial charge in [-0.2, -0.15) is 18.3 Å². The van der Waals surface area contributed by atoms with Crippen LogP contribution in [0.3, 0.4) is 0 Å². The lowest BCUT2D eigenvalue weighted by Crippen LogP contribution is -2.48. The number of aryl methyl sites for hydroxylation is 1. The fourth-order valence-electron chi connectivity index (χ4n) is 2.96. The van der Waals surface area contributed by atoms with Gasteiger partial charge in [0.25, 0.3) is 5.91 Å². The molecular formula is C16H17ClF3N5O. The second-order valence-electron chi connectivity index (χ2n) is 6.13. The van der Waals surface area contributed by atoms with Crippen LogP contribution in [0.2, 0.25) is 5.02 Å². The van der Waals surface area contributed by atoms with Crippen LogP contribution in [0.4, 0.5) is 19.0 Å². The van der Waals surface area contributed by atoms with Crippen LogP contribution in [0.15, 0.2) is 24.5 Å². The summed E-state index contributed by atoms with van der Waals surface area (Å²) in [5.41, 5.74) is -0.447. The number of alkyl halides is 3. The predicted octanol–water partition coefficient (Wildman–Crippen LogP) is 2.89. The van der Waals surface area contributed by atoms with Crippen LogP contribution < -0.4 is 10.2 Å². The quantitative estimate of drug-likeness (QED) is 0.879. The highest BCUT2D eigenvalue weighted by atomic mass is 35.5. The molecule has 10 heteroatoms. The third-order valence-corrected chi connectivity index (χ3v) is 4.54. The molecule has 1 N–H and O–H groups in total. The van der Waals surface area contributed by atoms with Crippen LogP contribution in [0.1, 0.15) is 28.9 Å². The zero-order valence-electron chi connectivity index (χ0n) is 13.9. The van der Waals surface area contributed by atoms with Crippen LogP contribution in [0, 0.1) is 0 Å². The number of nitrogens with zero attached hydrogens (tertiary/aromatic N) is 4. The third kappa shape index (κ3) is 3.92. The lowest BCUT2D eigenvalue weighted by molar-refractivity contribution is -0.137. The number of rotatable bonds is 3. The van der Waals surface area contributed by atoms with Gasteiger partial charge in [-0.05, 0) is 25.0 Å². The first kappa shape index (κ1) is 18.5. The van der Waals surface area contributed by atoms with E-state index >= 15 is 0 Å². The highest BCUT2D eigenvalue weighted by Gasteiger charge is 2.32. The molecular weight excluding hydrogens is 371 g/mol. The molecule has 1 unspecified atom stereocenters. The molecule has 1 aliphatic heterocycles. The lowest BCUT2D eigenvalue weighted by Gasteiger charge is -2.34. The van der Waals surface area contributed by atoms with Crippen molar-refractivity contribution in [1.82, 2.24) is 20.1 Å². The Morgan fingerprint density at radius 3 is 2.81 bits per heavy atom. The van der Waals surface area contributed by atoms with Crippen molar-refractivity contribution in [1.29, 1.82) is 0 Å². The molecule has 6 nitrogen and oxygen atoms in total. The minimum Gasteiger partial charge on any atom is -0.353 e. The molecule has 2 aromatic heterocycles. The van der Waals surface area contributed by atoms with E-state index in [-0.39, 0.29) is 17.0 Å². The largest absolute Gasteiger partial charge is 0.417 e. The normalized spacial score (nSPS) is 18.0. The molecule has 1 amide bonds. The lowest BCUT2D eigenvalue weighted by atomic mass is 10.1. The maximum atomic E-state index is 12.7. The Balaban J connectivity index is 1.71. The Kier molecular flexibility index (Phi) is 5.08. The van der Waals surface area contributed by atoms with E-state index in [0.717, 1.165) is 25.1 Å². The molecule has 1 aliphatic rings. The monoisotopic (exact) mass is 387 g/mol. The van der Waals surface area contributed by atoms with Crippen molar-refractivity contribution in [3.8, 4) is 0 Å². The first-order valence-electron chi connectivity index (χ1n) is 8.02. The van der Waals surface area contributed by atoms with E-state index < -0.39 is 11.7 Å². The Labute approximate surface area is 153 Å². The highest BCUT2D eigenvalue weighted by molar-refractivity contribution is 6.33. The molecule has 0 bridgehead atoms. The summed E-state index contributed by atoms with van der Waals surface area (Å²) in [7, 11) is 1.67. The summed E-state index contributed by atoms with van der Waals surface area (Å²) in [6, 6.07) is 2.33. The second kappa shape index (κ2) is 7.14. The van der Waals surface area contributed by atoms with E-state index in [4.69, 9.17) is 11.6 Å². The van der Waals surface area contributed by atoms with Crippen molar-refractivity contribution in [3.63, 3.8) is 0 Å². The Morgan fingerprint density at radius 2 is 2.19 bits per heavy atom. The van der Waals surface area contributed by atoms with E-state index in [0.29, 0.717) is 24.6 Å². The number of hydrogen-bond acceptors (Lipinski definition) is 4. The molecule has 140 valence electrons. The van der Waals surface area contributed by atoms with Gasteiger partial charge in [-0.25, -0.2) is 4.98 Å². The van der Waals surface area contributed by atoms with Crippen LogP contribution in [-0.2, 0) is 13.2 Å². The fraction of sp³-hybridized carbons (Fsp3) is 0.438. The first-order valence-corrected chi connectivity index (χ1v) is 8.40. The van der Waals surface area contributed by atoms with E-state index in [2.05, 4.69) is 15.4 Å². The van der Waals surface area contributed by atoms with Crippen molar-refractivity contribution >= 4 is 23.3 Å². The van der Waals surface area contributed by atoms with E-state index in [1.54, 1.807) is 18.0 Å². The summed E-state index contributed by atoms with van der Waals surface area (Å²) in [6.45, 7) is 1.03. The number of hydrogen-bond donors (Lipinski definition) is 1. The molecule has 0 aliphatic carbocycles. The second-order valence-corrected chi connectivity index (χ2v) is 6.53. The van der Waals surface area contributed by atoms with Crippen LogP contribution in [0.5, 0.6) is 0 Å². The van der Waals surface area contributed by atoms with Gasteiger partial charge < -0.3 is 10.2 Å². The van der Waals surface area contributed by atoms with Gasteiger partial charge in [-0.3, -0.25) is 9.48 Å². The Bertz CT molecular complexity index is 807. The number of halogens is 4. The molecule has 1 saturated heterocycles. The zero-order valence-corrected chi connectivity index (χ0v) is 14.7. The van der Waals surface area contributed by atoms with Crippen LogP contribution in [0.25, 0.3) is 0 Å². The van der Waals surface area contributed by atoms with Gasteiger partial charge in [-0.15, -0.1) is 0 Å². The summed E-state index contributed by atoms with van der Waals surface area (Å²) in [5, 5.41) is 6.83. The van der Waals surface area contributed by atoms with E-state index in [9.17, 15) is 18.0 Å². The maximum Gasteiger partial charge on any atom is 0.417 e. The molecule has 2 aromatic rings. The number of pyridine rings is 1. The van der Waals surface area contributed by atoms with Gasteiger partial charge in [0.1, 0.15) is 11.5 Å². The summed E-state index contributed by atoms with van der Waals surface area (Å²) in [4.78, 5) is 18.0. The number of aromatic nitrogens is 3. The minimum atomic E-state index is -4.49. The van der Waals surface area contributed by atoms with Crippen molar-refractivity contribution in [3.05, 3.63) is 40.8 Å². The standard InChI is InChI=1S/C16H17ClF3N5O/c1-24-13(4-5-22-24)15(26)23-11-3-2-6-25(9-11)14-12(17)7-10(8-21-14)16(18,19)20/h4-5,7-8,11H,2-3,6,9H2,1H3,(H,23,26). The highest BCUT2D eigenvalue weighted by Crippen LogP contribution is 2.34. The van der Waals surface area contributed by atoms with Gasteiger partial charge in [0, 0.05) is 38.6 Å². The number of anilines is 1. The zero-order chi connectivity index (χ0) is 18.9. The molecule has 0 aromatic carbocycles. The molecule has 0 saturated carbocycles. The summed E-state index contributed by atoms with van der Waals surface area (Å²) >= 11 is 6.02. The van der Waals surface area contributed by atoms with Gasteiger partial charge in [-0.1, -0.05) is 11.6 Å². The molecule has 0 spiro atoms. The predicted molar refractivity (Wildman–Crippen MR) is 90.2 cm³/mol. The SMILES string of the molecule is Cn1nccc1C(=O)NC1CCCN(c2ncc(C(F)(F)F)cc2Cl)C1. The van der Waals surface area contributed by atoms with Crippen molar-refractivity contribution < 1.29 is 18.0 Å². The first-order chi connectivity index (χ1) is 12.3. The van der Waals surface area contributed by atoms with Gasteiger partial charge >= 0.3 is 6.18 Å². The van der Waals surface area contributed by atoms with Crippen molar-refractivity contribution in [2.75, 3.05) is 18.0 Å². The van der Waals surface area contributed by atoms with Gasteiger partial charge in [0.05, 0.1) is 10.6 Å². The number of nitrogens with one attached hydrogen (secondary N) is 1. The molecule has 26 heavy (non-hydrogen) atoms. The maximum absolute atomic E-state index is 12.7. The summed E-state index contributed by atoms with van der Waals surface area (Å²) in [6.07, 6.45) is -0.655. The molecule has 3 heterocycles. The average Bonchev–Trinajstić information content (AvgIpc) is 3.00. The smallest absolute Gasteiger partial charge is 0.353 e. The molecule has 1 atom stereocenters. The number of amides is 1. The van der Waals surface area contributed by atoms with Crippen molar-refractivity contribution in [2.45, 2.75) is 25.1 Å². The Morgan fingerprint density at radius 1 is 1.42 bits per heavy atom. The van der Waals surface area contributed by atoms with E-state index in [1.165, 1.54) is 10.9 Å². The number of carbonyl (C=O) groups is 1. The average molecular weight is 388 g/mol. The number of piperidine rings is 1. The summed E-state index contributed by atoms with van der Waals surface area (Å²) in [5.74, 6) is 0.0440. The topological polar surface area (TPSA) is 63.1 Å².